The standard InChI is InChI=1S/C16H27NO3/c1-11(2)16(19)9-17-8-14(18)10-20-15-6-12(3)5-13(4)7-15/h5-7,11,14,16-19H,8-10H2,1-4H3. The molecule has 3 N–H and O–H groups in total. The molecule has 0 saturated heterocycles. The number of ether oxygens (including phenoxy) is 1. The fourth-order valence-corrected chi connectivity index (χ4v) is 1.90. The summed E-state index contributed by atoms with van der Waals surface area (Å²) in [5.74, 6) is 0.995. The summed E-state index contributed by atoms with van der Waals surface area (Å²) in [6, 6.07) is 5.99. The first-order valence-corrected chi connectivity index (χ1v) is 7.16. The topological polar surface area (TPSA) is 61.7 Å². The van der Waals surface area contributed by atoms with Crippen LogP contribution in [0.15, 0.2) is 18.2 Å². The molecule has 0 aliphatic carbocycles. The smallest absolute Gasteiger partial charge is 0.119 e. The average Bonchev–Trinajstić information content (AvgIpc) is 2.35. The summed E-state index contributed by atoms with van der Waals surface area (Å²) >= 11 is 0. The molecule has 20 heavy (non-hydrogen) atoms. The van der Waals surface area contributed by atoms with Gasteiger partial charge in [0.1, 0.15) is 18.5 Å². The number of nitrogens with one attached hydrogen (secondary N) is 1. The Morgan fingerprint density at radius 1 is 1.05 bits per heavy atom. The third-order valence-corrected chi connectivity index (χ3v) is 3.14. The van der Waals surface area contributed by atoms with Crippen LogP contribution in [0.4, 0.5) is 0 Å². The second-order valence-corrected chi connectivity index (χ2v) is 5.76. The predicted octanol–water partition coefficient (Wildman–Crippen LogP) is 1.65. The Morgan fingerprint density at radius 2 is 1.65 bits per heavy atom. The maximum Gasteiger partial charge on any atom is 0.119 e. The number of benzene rings is 1. The van der Waals surface area contributed by atoms with E-state index in [0.29, 0.717) is 13.1 Å². The van der Waals surface area contributed by atoms with Gasteiger partial charge in [0.2, 0.25) is 0 Å². The van der Waals surface area contributed by atoms with Crippen LogP contribution >= 0.6 is 0 Å². The molecule has 1 aromatic carbocycles. The van der Waals surface area contributed by atoms with Gasteiger partial charge in [-0.2, -0.15) is 0 Å². The molecule has 4 nitrogen and oxygen atoms in total. The molecule has 0 heterocycles. The molecule has 2 unspecified atom stereocenters. The van der Waals surface area contributed by atoms with E-state index in [1.807, 2.05) is 39.8 Å². The maximum atomic E-state index is 9.83. The molecule has 0 radical (unpaired) electrons. The highest BCUT2D eigenvalue weighted by atomic mass is 16.5. The molecule has 114 valence electrons. The van der Waals surface area contributed by atoms with Crippen molar-refractivity contribution >= 4 is 0 Å². The van der Waals surface area contributed by atoms with Crippen LogP contribution in [0.5, 0.6) is 5.75 Å². The first-order valence-electron chi connectivity index (χ1n) is 7.16. The number of aryl methyl sites for hydroxylation is 2. The van der Waals surface area contributed by atoms with Crippen molar-refractivity contribution in [2.45, 2.75) is 39.9 Å². The van der Waals surface area contributed by atoms with E-state index in [9.17, 15) is 10.2 Å². The van der Waals surface area contributed by atoms with Crippen molar-refractivity contribution in [1.82, 2.24) is 5.32 Å². The van der Waals surface area contributed by atoms with Crippen molar-refractivity contribution < 1.29 is 14.9 Å². The van der Waals surface area contributed by atoms with Crippen LogP contribution in [-0.2, 0) is 0 Å². The molecule has 0 spiro atoms. The Balaban J connectivity index is 2.27. The molecule has 0 amide bonds. The summed E-state index contributed by atoms with van der Waals surface area (Å²) < 4.78 is 5.58. The summed E-state index contributed by atoms with van der Waals surface area (Å²) in [6.07, 6.45) is -0.974. The zero-order chi connectivity index (χ0) is 15.1. The van der Waals surface area contributed by atoms with Crippen molar-refractivity contribution in [3.05, 3.63) is 29.3 Å². The molecule has 0 aliphatic rings. The SMILES string of the molecule is Cc1cc(C)cc(OCC(O)CNCC(O)C(C)C)c1. The third-order valence-electron chi connectivity index (χ3n) is 3.14. The Hall–Kier alpha value is -1.10. The van der Waals surface area contributed by atoms with E-state index < -0.39 is 6.10 Å². The second kappa shape index (κ2) is 8.25. The zero-order valence-corrected chi connectivity index (χ0v) is 12.9. The Bertz CT molecular complexity index is 386. The van der Waals surface area contributed by atoms with Crippen molar-refractivity contribution in [2.75, 3.05) is 19.7 Å². The summed E-state index contributed by atoms with van der Waals surface area (Å²) in [5.41, 5.74) is 2.29. The van der Waals surface area contributed by atoms with Crippen LogP contribution in [0.25, 0.3) is 0 Å². The van der Waals surface area contributed by atoms with E-state index in [0.717, 1.165) is 16.9 Å². The average molecular weight is 281 g/mol. The predicted molar refractivity (Wildman–Crippen MR) is 81.1 cm³/mol. The van der Waals surface area contributed by atoms with Gasteiger partial charge in [0.25, 0.3) is 0 Å². The van der Waals surface area contributed by atoms with Gasteiger partial charge in [-0.15, -0.1) is 0 Å². The monoisotopic (exact) mass is 281 g/mol. The van der Waals surface area contributed by atoms with Crippen LogP contribution in [0.1, 0.15) is 25.0 Å². The minimum Gasteiger partial charge on any atom is -0.491 e. The van der Waals surface area contributed by atoms with Gasteiger partial charge >= 0.3 is 0 Å². The summed E-state index contributed by atoms with van der Waals surface area (Å²) in [4.78, 5) is 0. The normalized spacial score (nSPS) is 14.3. The first kappa shape index (κ1) is 17.0. The van der Waals surface area contributed by atoms with Gasteiger partial charge in [-0.25, -0.2) is 0 Å². The Morgan fingerprint density at radius 3 is 2.20 bits per heavy atom. The number of aliphatic hydroxyl groups is 2. The van der Waals surface area contributed by atoms with Crippen LogP contribution in [0, 0.1) is 19.8 Å². The van der Waals surface area contributed by atoms with Crippen molar-refractivity contribution in [3.8, 4) is 5.75 Å². The van der Waals surface area contributed by atoms with Gasteiger partial charge in [-0.05, 0) is 43.0 Å². The molecular formula is C16H27NO3. The van der Waals surface area contributed by atoms with E-state index in [2.05, 4.69) is 11.4 Å². The lowest BCUT2D eigenvalue weighted by Crippen LogP contribution is -2.37. The molecule has 0 aliphatic heterocycles. The number of hydrogen-bond acceptors (Lipinski definition) is 4. The van der Waals surface area contributed by atoms with Crippen molar-refractivity contribution in [3.63, 3.8) is 0 Å². The van der Waals surface area contributed by atoms with Gasteiger partial charge in [0.15, 0.2) is 0 Å². The number of rotatable bonds is 8. The maximum absolute atomic E-state index is 9.83. The lowest BCUT2D eigenvalue weighted by atomic mass is 10.1. The van der Waals surface area contributed by atoms with Gasteiger partial charge in [-0.3, -0.25) is 0 Å². The van der Waals surface area contributed by atoms with Crippen LogP contribution in [0.2, 0.25) is 0 Å². The molecule has 1 rings (SSSR count). The zero-order valence-electron chi connectivity index (χ0n) is 12.9. The fourth-order valence-electron chi connectivity index (χ4n) is 1.90. The first-order chi connectivity index (χ1) is 9.38. The molecule has 0 saturated carbocycles. The van der Waals surface area contributed by atoms with E-state index >= 15 is 0 Å². The molecule has 4 heteroatoms. The van der Waals surface area contributed by atoms with Crippen LogP contribution in [-0.4, -0.2) is 42.1 Å². The highest BCUT2D eigenvalue weighted by molar-refractivity contribution is 5.32. The number of hydrogen-bond donors (Lipinski definition) is 3. The quantitative estimate of drug-likeness (QED) is 0.678. The molecule has 1 aromatic rings. The van der Waals surface area contributed by atoms with Crippen molar-refractivity contribution in [2.24, 2.45) is 5.92 Å². The lowest BCUT2D eigenvalue weighted by molar-refractivity contribution is 0.0908. The van der Waals surface area contributed by atoms with Crippen LogP contribution in [0.3, 0.4) is 0 Å². The molecule has 0 aromatic heterocycles. The van der Waals surface area contributed by atoms with E-state index in [-0.39, 0.29) is 18.6 Å². The summed E-state index contributed by atoms with van der Waals surface area (Å²) in [5, 5.41) is 22.5. The van der Waals surface area contributed by atoms with Gasteiger partial charge < -0.3 is 20.3 Å². The minimum atomic E-state index is -0.588. The summed E-state index contributed by atoms with van der Waals surface area (Å²) in [7, 11) is 0. The van der Waals surface area contributed by atoms with Crippen molar-refractivity contribution in [1.29, 1.82) is 0 Å². The molecule has 0 fully saturated rings. The second-order valence-electron chi connectivity index (χ2n) is 5.76. The fraction of sp³-hybridized carbons (Fsp3) is 0.625. The highest BCUT2D eigenvalue weighted by Crippen LogP contribution is 2.16. The summed E-state index contributed by atoms with van der Waals surface area (Å²) in [6.45, 7) is 9.11. The minimum absolute atomic E-state index is 0.214. The molecule has 0 bridgehead atoms. The van der Waals surface area contributed by atoms with E-state index in [1.165, 1.54) is 0 Å². The van der Waals surface area contributed by atoms with Crippen LogP contribution < -0.4 is 10.1 Å². The van der Waals surface area contributed by atoms with Gasteiger partial charge in [0, 0.05) is 13.1 Å². The third kappa shape index (κ3) is 6.37. The molecule has 2 atom stereocenters. The lowest BCUT2D eigenvalue weighted by Gasteiger charge is -2.17. The molecular weight excluding hydrogens is 254 g/mol. The largest absolute Gasteiger partial charge is 0.491 e. The van der Waals surface area contributed by atoms with E-state index in [4.69, 9.17) is 4.74 Å². The van der Waals surface area contributed by atoms with Gasteiger partial charge in [0.05, 0.1) is 6.10 Å². The Kier molecular flexibility index (Phi) is 6.99. The highest BCUT2D eigenvalue weighted by Gasteiger charge is 2.10. The number of aliphatic hydroxyl groups excluding tert-OH is 2. The van der Waals surface area contributed by atoms with E-state index in [1.54, 1.807) is 0 Å². The van der Waals surface area contributed by atoms with Gasteiger partial charge in [-0.1, -0.05) is 19.9 Å². The Labute approximate surface area is 121 Å².